The molecule has 0 atom stereocenters. The quantitative estimate of drug-likeness (QED) is 0.623. The van der Waals surface area contributed by atoms with Crippen molar-refractivity contribution in [2.75, 3.05) is 12.9 Å². The van der Waals surface area contributed by atoms with Crippen LogP contribution in [-0.2, 0) is 4.79 Å². The van der Waals surface area contributed by atoms with E-state index >= 15 is 0 Å². The van der Waals surface area contributed by atoms with Crippen molar-refractivity contribution < 1.29 is 9.53 Å². The highest BCUT2D eigenvalue weighted by Gasteiger charge is 2.15. The van der Waals surface area contributed by atoms with E-state index in [-0.39, 0.29) is 28.6 Å². The summed E-state index contributed by atoms with van der Waals surface area (Å²) in [5.74, 6) is -0.361. The molecule has 3 N–H and O–H groups in total. The number of amides is 1. The van der Waals surface area contributed by atoms with Crippen LogP contribution in [0.25, 0.3) is 11.3 Å². The largest absolute Gasteiger partial charge is 0.482 e. The first kappa shape index (κ1) is 16.9. The van der Waals surface area contributed by atoms with Crippen LogP contribution < -0.4 is 16.0 Å². The Labute approximate surface area is 140 Å². The minimum absolute atomic E-state index is 0.107. The van der Waals surface area contributed by atoms with E-state index in [1.54, 1.807) is 12.3 Å². The molecule has 0 saturated carbocycles. The molecular weight excluding hydrogens is 340 g/mol. The fourth-order valence-corrected chi connectivity index (χ4v) is 2.39. The number of nitrogens with two attached hydrogens (primary N) is 1. The summed E-state index contributed by atoms with van der Waals surface area (Å²) in [6.07, 6.45) is 1.75. The molecule has 0 aliphatic rings. The summed E-state index contributed by atoms with van der Waals surface area (Å²) in [5, 5.41) is 9.76. The van der Waals surface area contributed by atoms with Crippen molar-refractivity contribution in [2.45, 2.75) is 5.16 Å². The predicted molar refractivity (Wildman–Crippen MR) is 86.5 cm³/mol. The number of hydrogen-bond acceptors (Lipinski definition) is 6. The van der Waals surface area contributed by atoms with Gasteiger partial charge in [0.05, 0.1) is 10.7 Å². The minimum atomic E-state index is -0.627. The lowest BCUT2D eigenvalue weighted by molar-refractivity contribution is -0.119. The number of hydrogen-bond donors (Lipinski definition) is 2. The predicted octanol–water partition coefficient (Wildman–Crippen LogP) is 1.55. The number of nitrogens with one attached hydrogen (secondary N) is 1. The van der Waals surface area contributed by atoms with Crippen LogP contribution in [0.3, 0.4) is 0 Å². The van der Waals surface area contributed by atoms with Gasteiger partial charge in [0.2, 0.25) is 0 Å². The second-order valence-corrected chi connectivity index (χ2v) is 5.51. The van der Waals surface area contributed by atoms with Crippen molar-refractivity contribution in [3.05, 3.63) is 39.1 Å². The molecule has 9 heteroatoms. The third-order valence-electron chi connectivity index (χ3n) is 2.78. The van der Waals surface area contributed by atoms with Crippen molar-refractivity contribution in [3.63, 3.8) is 0 Å². The van der Waals surface area contributed by atoms with Gasteiger partial charge in [-0.25, -0.2) is 4.98 Å². The number of nitrogens with zero attached hydrogens (tertiary/aromatic N) is 2. The molecule has 118 valence electrons. The van der Waals surface area contributed by atoms with E-state index in [0.29, 0.717) is 10.7 Å². The fraction of sp³-hybridized carbons (Fsp3) is 0.143. The van der Waals surface area contributed by atoms with Crippen LogP contribution in [0.2, 0.25) is 5.02 Å². The number of nitriles is 1. The lowest BCUT2D eigenvalue weighted by Gasteiger charge is -2.09. The normalized spacial score (nSPS) is 10.1. The third-order valence-corrected chi connectivity index (χ3v) is 3.65. The van der Waals surface area contributed by atoms with Crippen LogP contribution >= 0.6 is 23.4 Å². The molecule has 1 heterocycles. The van der Waals surface area contributed by atoms with Crippen molar-refractivity contribution in [3.8, 4) is 23.1 Å². The molecule has 0 aliphatic heterocycles. The van der Waals surface area contributed by atoms with Crippen molar-refractivity contribution >= 4 is 29.3 Å². The van der Waals surface area contributed by atoms with Crippen LogP contribution in [-0.4, -0.2) is 28.7 Å². The Balaban J connectivity index is 2.49. The first-order valence-electron chi connectivity index (χ1n) is 6.25. The van der Waals surface area contributed by atoms with Crippen LogP contribution in [0.5, 0.6) is 5.75 Å². The highest BCUT2D eigenvalue weighted by Crippen LogP contribution is 2.30. The molecule has 0 aliphatic carbocycles. The van der Waals surface area contributed by atoms with Gasteiger partial charge < -0.3 is 15.5 Å². The van der Waals surface area contributed by atoms with Gasteiger partial charge in [-0.1, -0.05) is 23.4 Å². The number of aromatic amines is 1. The van der Waals surface area contributed by atoms with Gasteiger partial charge in [0.1, 0.15) is 17.4 Å². The molecule has 0 fully saturated rings. The van der Waals surface area contributed by atoms with Gasteiger partial charge in [-0.05, 0) is 24.5 Å². The Kier molecular flexibility index (Phi) is 5.26. The molecule has 2 rings (SSSR count). The van der Waals surface area contributed by atoms with E-state index in [1.165, 1.54) is 23.9 Å². The molecule has 2 aromatic rings. The van der Waals surface area contributed by atoms with Crippen molar-refractivity contribution in [1.29, 1.82) is 5.26 Å². The van der Waals surface area contributed by atoms with E-state index in [0.717, 1.165) is 0 Å². The van der Waals surface area contributed by atoms with E-state index < -0.39 is 11.5 Å². The maximum absolute atomic E-state index is 11.9. The molecule has 7 nitrogen and oxygen atoms in total. The summed E-state index contributed by atoms with van der Waals surface area (Å²) in [6, 6.07) is 6.45. The van der Waals surface area contributed by atoms with Crippen LogP contribution in [0.15, 0.2) is 28.2 Å². The lowest BCUT2D eigenvalue weighted by Crippen LogP contribution is -2.20. The van der Waals surface area contributed by atoms with Crippen LogP contribution in [0.4, 0.5) is 0 Å². The van der Waals surface area contributed by atoms with Gasteiger partial charge >= 0.3 is 0 Å². The highest BCUT2D eigenvalue weighted by molar-refractivity contribution is 7.98. The van der Waals surface area contributed by atoms with E-state index in [9.17, 15) is 9.59 Å². The molecular formula is C14H11ClN4O3S. The van der Waals surface area contributed by atoms with Gasteiger partial charge in [-0.3, -0.25) is 9.59 Å². The first-order valence-corrected chi connectivity index (χ1v) is 7.86. The average molecular weight is 351 g/mol. The van der Waals surface area contributed by atoms with Gasteiger partial charge in [0, 0.05) is 5.56 Å². The second-order valence-electron chi connectivity index (χ2n) is 4.31. The zero-order valence-electron chi connectivity index (χ0n) is 11.9. The summed E-state index contributed by atoms with van der Waals surface area (Å²) in [6.45, 7) is -0.303. The molecule has 0 saturated heterocycles. The zero-order valence-corrected chi connectivity index (χ0v) is 13.5. The molecule has 23 heavy (non-hydrogen) atoms. The number of primary amides is 1. The molecule has 0 radical (unpaired) electrons. The Bertz CT molecular complexity index is 860. The lowest BCUT2D eigenvalue weighted by atomic mass is 10.1. The number of halogens is 1. The average Bonchev–Trinajstić information content (AvgIpc) is 2.52. The van der Waals surface area contributed by atoms with Gasteiger partial charge in [0.25, 0.3) is 11.5 Å². The number of carbonyl (C=O) groups is 1. The number of thioether (sulfide) groups is 1. The van der Waals surface area contributed by atoms with Gasteiger partial charge in [0.15, 0.2) is 11.8 Å². The minimum Gasteiger partial charge on any atom is -0.482 e. The summed E-state index contributed by atoms with van der Waals surface area (Å²) < 4.78 is 5.15. The Morgan fingerprint density at radius 1 is 1.57 bits per heavy atom. The van der Waals surface area contributed by atoms with E-state index in [1.807, 2.05) is 6.07 Å². The topological polar surface area (TPSA) is 122 Å². The zero-order chi connectivity index (χ0) is 17.0. The number of rotatable bonds is 5. The number of aromatic nitrogens is 2. The summed E-state index contributed by atoms with van der Waals surface area (Å²) in [4.78, 5) is 29.4. The Hall–Kier alpha value is -2.50. The van der Waals surface area contributed by atoms with Gasteiger partial charge in [-0.15, -0.1) is 0 Å². The third kappa shape index (κ3) is 3.83. The molecule has 1 amide bonds. The summed E-state index contributed by atoms with van der Waals surface area (Å²) in [7, 11) is 0. The van der Waals surface area contributed by atoms with Crippen LogP contribution in [0, 0.1) is 11.3 Å². The molecule has 0 unspecified atom stereocenters. The SMILES string of the molecule is CSc1nc(-c2ccc(OCC(N)=O)c(Cl)c2)c(C#N)c(=O)[nH]1. The number of benzene rings is 1. The fourth-order valence-electron chi connectivity index (χ4n) is 1.78. The molecule has 0 bridgehead atoms. The standard InChI is InChI=1S/C14H11ClN4O3S/c1-23-14-18-12(8(5-16)13(21)19-14)7-2-3-10(9(15)4-7)22-6-11(17)20/h2-4H,6H2,1H3,(H2,17,20)(H,18,19,21). The highest BCUT2D eigenvalue weighted by atomic mass is 35.5. The molecule has 0 spiro atoms. The van der Waals surface area contributed by atoms with E-state index in [2.05, 4.69) is 9.97 Å². The molecule has 1 aromatic heterocycles. The second kappa shape index (κ2) is 7.17. The van der Waals surface area contributed by atoms with E-state index in [4.69, 9.17) is 27.3 Å². The Morgan fingerprint density at radius 2 is 2.30 bits per heavy atom. The smallest absolute Gasteiger partial charge is 0.270 e. The number of carbonyl (C=O) groups excluding carboxylic acids is 1. The van der Waals surface area contributed by atoms with Gasteiger partial charge in [-0.2, -0.15) is 5.26 Å². The maximum Gasteiger partial charge on any atom is 0.270 e. The first-order chi connectivity index (χ1) is 11.0. The van der Waals surface area contributed by atoms with Crippen molar-refractivity contribution in [2.24, 2.45) is 5.73 Å². The molecule has 1 aromatic carbocycles. The Morgan fingerprint density at radius 3 is 2.87 bits per heavy atom. The maximum atomic E-state index is 11.9. The summed E-state index contributed by atoms with van der Waals surface area (Å²) in [5.41, 5.74) is 5.09. The number of ether oxygens (including phenoxy) is 1. The summed E-state index contributed by atoms with van der Waals surface area (Å²) >= 11 is 7.34. The monoisotopic (exact) mass is 350 g/mol. The van der Waals surface area contributed by atoms with Crippen molar-refractivity contribution in [1.82, 2.24) is 9.97 Å². The number of H-pyrrole nitrogens is 1. The van der Waals surface area contributed by atoms with Crippen LogP contribution in [0.1, 0.15) is 5.56 Å².